The van der Waals surface area contributed by atoms with Crippen molar-refractivity contribution in [2.75, 3.05) is 5.73 Å². The van der Waals surface area contributed by atoms with Crippen molar-refractivity contribution in [2.45, 2.75) is 0 Å². The van der Waals surface area contributed by atoms with Gasteiger partial charge in [-0.2, -0.15) is 5.26 Å². The molecule has 2 aromatic heterocycles. The summed E-state index contributed by atoms with van der Waals surface area (Å²) in [6, 6.07) is 13.3. The number of nitrogens with two attached hydrogens (primary N) is 1. The van der Waals surface area contributed by atoms with Crippen LogP contribution in [0.25, 0.3) is 22.4 Å². The van der Waals surface area contributed by atoms with Crippen molar-refractivity contribution in [2.24, 2.45) is 0 Å². The van der Waals surface area contributed by atoms with Crippen molar-refractivity contribution in [1.82, 2.24) is 9.97 Å². The van der Waals surface area contributed by atoms with Gasteiger partial charge in [0.2, 0.25) is 0 Å². The van der Waals surface area contributed by atoms with Crippen molar-refractivity contribution in [1.29, 1.82) is 5.26 Å². The summed E-state index contributed by atoms with van der Waals surface area (Å²) in [7, 11) is 0. The number of benzene rings is 1. The van der Waals surface area contributed by atoms with E-state index in [4.69, 9.17) is 5.73 Å². The maximum Gasteiger partial charge on any atom is 0.269 e. The highest BCUT2D eigenvalue weighted by molar-refractivity contribution is 5.80. The largest absolute Gasteiger partial charge is 0.383 e. The Morgan fingerprint density at radius 1 is 1.17 bits per heavy atom. The van der Waals surface area contributed by atoms with E-state index >= 15 is 0 Å². The molecule has 7 heteroatoms. The zero-order chi connectivity index (χ0) is 17.1. The molecule has 2 N–H and O–H groups in total. The predicted molar refractivity (Wildman–Crippen MR) is 88.7 cm³/mol. The fraction of sp³-hybridized carbons (Fsp3) is 0. The molecule has 116 valence electrons. The highest BCUT2D eigenvalue weighted by atomic mass is 16.6. The SMILES string of the molecule is N#Cc1c(-c2ccc([N+](=O)[O-])cc2)cc(-c2cccnc2)nc1N. The molecule has 2 heterocycles. The molecular weight excluding hydrogens is 306 g/mol. The number of nitriles is 1. The Morgan fingerprint density at radius 2 is 1.92 bits per heavy atom. The summed E-state index contributed by atoms with van der Waals surface area (Å²) >= 11 is 0. The number of anilines is 1. The van der Waals surface area contributed by atoms with Crippen LogP contribution in [0.1, 0.15) is 5.56 Å². The molecule has 24 heavy (non-hydrogen) atoms. The van der Waals surface area contributed by atoms with Crippen molar-refractivity contribution in [3.63, 3.8) is 0 Å². The topological polar surface area (TPSA) is 119 Å². The van der Waals surface area contributed by atoms with Gasteiger partial charge < -0.3 is 5.73 Å². The zero-order valence-corrected chi connectivity index (χ0v) is 12.4. The lowest BCUT2D eigenvalue weighted by Gasteiger charge is -2.10. The minimum absolute atomic E-state index is 0.0215. The second-order valence-electron chi connectivity index (χ2n) is 4.97. The molecule has 0 bridgehead atoms. The van der Waals surface area contributed by atoms with E-state index in [1.807, 2.05) is 12.1 Å². The number of pyridine rings is 2. The molecule has 0 radical (unpaired) electrons. The Hall–Kier alpha value is -3.79. The van der Waals surface area contributed by atoms with Crippen LogP contribution in [0.5, 0.6) is 0 Å². The van der Waals surface area contributed by atoms with Crippen molar-refractivity contribution < 1.29 is 4.92 Å². The summed E-state index contributed by atoms with van der Waals surface area (Å²) < 4.78 is 0. The van der Waals surface area contributed by atoms with Gasteiger partial charge in [-0.05, 0) is 35.9 Å². The highest BCUT2D eigenvalue weighted by Crippen LogP contribution is 2.31. The third-order valence-electron chi connectivity index (χ3n) is 3.51. The van der Waals surface area contributed by atoms with Crippen LogP contribution in [0, 0.1) is 21.4 Å². The number of aromatic nitrogens is 2. The molecule has 0 unspecified atom stereocenters. The minimum Gasteiger partial charge on any atom is -0.383 e. The predicted octanol–water partition coefficient (Wildman–Crippen LogP) is 3.17. The van der Waals surface area contributed by atoms with E-state index in [1.165, 1.54) is 12.1 Å². The van der Waals surface area contributed by atoms with Gasteiger partial charge in [-0.1, -0.05) is 0 Å². The van der Waals surface area contributed by atoms with Crippen LogP contribution in [-0.4, -0.2) is 14.9 Å². The van der Waals surface area contributed by atoms with Gasteiger partial charge >= 0.3 is 0 Å². The average molecular weight is 317 g/mol. The smallest absolute Gasteiger partial charge is 0.269 e. The number of nitrogen functional groups attached to an aromatic ring is 1. The van der Waals surface area contributed by atoms with Gasteiger partial charge in [0, 0.05) is 35.7 Å². The number of hydrogen-bond acceptors (Lipinski definition) is 6. The third kappa shape index (κ3) is 2.76. The van der Waals surface area contributed by atoms with Gasteiger partial charge in [0.1, 0.15) is 17.5 Å². The van der Waals surface area contributed by atoms with Gasteiger partial charge in [0.05, 0.1) is 10.6 Å². The Kier molecular flexibility index (Phi) is 3.87. The van der Waals surface area contributed by atoms with Crippen LogP contribution in [0.2, 0.25) is 0 Å². The second kappa shape index (κ2) is 6.14. The summed E-state index contributed by atoms with van der Waals surface area (Å²) in [6.45, 7) is 0. The highest BCUT2D eigenvalue weighted by Gasteiger charge is 2.14. The van der Waals surface area contributed by atoms with E-state index in [9.17, 15) is 15.4 Å². The van der Waals surface area contributed by atoms with E-state index in [0.29, 0.717) is 16.8 Å². The number of nitro benzene ring substituents is 1. The molecule has 0 saturated heterocycles. The summed E-state index contributed by atoms with van der Waals surface area (Å²) in [5.74, 6) is 0.104. The number of non-ortho nitro benzene ring substituents is 1. The van der Waals surface area contributed by atoms with Crippen molar-refractivity contribution >= 4 is 11.5 Å². The van der Waals surface area contributed by atoms with Crippen LogP contribution in [0.15, 0.2) is 54.9 Å². The second-order valence-corrected chi connectivity index (χ2v) is 4.97. The van der Waals surface area contributed by atoms with E-state index in [-0.39, 0.29) is 17.1 Å². The first-order valence-electron chi connectivity index (χ1n) is 6.96. The molecule has 3 rings (SSSR count). The standard InChI is InChI=1S/C17H11N5O2/c18-9-15-14(11-3-5-13(6-4-11)22(23)24)8-16(21-17(15)19)12-2-1-7-20-10-12/h1-8,10H,(H2,19,21). The number of nitro groups is 1. The lowest BCUT2D eigenvalue weighted by molar-refractivity contribution is -0.384. The zero-order valence-electron chi connectivity index (χ0n) is 12.4. The molecule has 0 amide bonds. The van der Waals surface area contributed by atoms with Gasteiger partial charge in [-0.3, -0.25) is 15.1 Å². The molecule has 1 aromatic carbocycles. The molecule has 0 aliphatic carbocycles. The Labute approximate surface area is 137 Å². The molecule has 0 spiro atoms. The maximum atomic E-state index is 10.8. The summed E-state index contributed by atoms with van der Waals surface area (Å²) in [6.07, 6.45) is 3.29. The molecule has 7 nitrogen and oxygen atoms in total. The van der Waals surface area contributed by atoms with E-state index in [1.54, 1.807) is 36.7 Å². The van der Waals surface area contributed by atoms with Crippen LogP contribution in [-0.2, 0) is 0 Å². The lowest BCUT2D eigenvalue weighted by atomic mass is 9.98. The third-order valence-corrected chi connectivity index (χ3v) is 3.51. The minimum atomic E-state index is -0.475. The van der Waals surface area contributed by atoms with Gasteiger partial charge in [0.25, 0.3) is 5.69 Å². The Bertz CT molecular complexity index is 947. The normalized spacial score (nSPS) is 10.1. The summed E-state index contributed by atoms with van der Waals surface area (Å²) in [5.41, 5.74) is 8.69. The number of rotatable bonds is 3. The summed E-state index contributed by atoms with van der Waals surface area (Å²) in [5, 5.41) is 20.2. The van der Waals surface area contributed by atoms with Crippen LogP contribution >= 0.6 is 0 Å². The van der Waals surface area contributed by atoms with Crippen LogP contribution in [0.3, 0.4) is 0 Å². The molecule has 0 aliphatic heterocycles. The fourth-order valence-corrected chi connectivity index (χ4v) is 2.33. The Balaban J connectivity index is 2.17. The first-order valence-corrected chi connectivity index (χ1v) is 6.96. The van der Waals surface area contributed by atoms with E-state index in [2.05, 4.69) is 9.97 Å². The molecule has 0 fully saturated rings. The fourth-order valence-electron chi connectivity index (χ4n) is 2.33. The average Bonchev–Trinajstić information content (AvgIpc) is 2.62. The van der Waals surface area contributed by atoms with Crippen molar-refractivity contribution in [3.05, 3.63) is 70.5 Å². The maximum absolute atomic E-state index is 10.8. The lowest BCUT2D eigenvalue weighted by Crippen LogP contribution is -2.00. The van der Waals surface area contributed by atoms with Crippen LogP contribution in [0.4, 0.5) is 11.5 Å². The van der Waals surface area contributed by atoms with Gasteiger partial charge in [-0.15, -0.1) is 0 Å². The first kappa shape index (κ1) is 15.1. The van der Waals surface area contributed by atoms with E-state index in [0.717, 1.165) is 5.56 Å². The first-order chi connectivity index (χ1) is 11.6. The van der Waals surface area contributed by atoms with Crippen molar-refractivity contribution in [3.8, 4) is 28.5 Å². The van der Waals surface area contributed by atoms with Crippen LogP contribution < -0.4 is 5.73 Å². The summed E-state index contributed by atoms with van der Waals surface area (Å²) in [4.78, 5) is 18.6. The monoisotopic (exact) mass is 317 g/mol. The Morgan fingerprint density at radius 3 is 2.50 bits per heavy atom. The van der Waals surface area contributed by atoms with Gasteiger partial charge in [0.15, 0.2) is 0 Å². The molecule has 3 aromatic rings. The molecule has 0 saturated carbocycles. The number of hydrogen-bond donors (Lipinski definition) is 1. The molecule has 0 aliphatic rings. The van der Waals surface area contributed by atoms with Gasteiger partial charge in [-0.25, -0.2) is 4.98 Å². The quantitative estimate of drug-likeness (QED) is 0.585. The molecule has 0 atom stereocenters. The number of nitrogens with zero attached hydrogens (tertiary/aromatic N) is 4. The molecular formula is C17H11N5O2. The van der Waals surface area contributed by atoms with E-state index < -0.39 is 4.92 Å².